The Labute approximate surface area is 118 Å². The summed E-state index contributed by atoms with van der Waals surface area (Å²) in [5.74, 6) is -0.0632. The molecule has 0 unspecified atom stereocenters. The normalized spacial score (nSPS) is 13.4. The van der Waals surface area contributed by atoms with Crippen LogP contribution in [0.15, 0.2) is 10.5 Å². The molecule has 1 heterocycles. The molecule has 6 heteroatoms. The van der Waals surface area contributed by atoms with Crippen molar-refractivity contribution < 1.29 is 24.2 Å². The Morgan fingerprint density at radius 3 is 2.68 bits per heavy atom. The molecule has 1 aliphatic heterocycles. The third-order valence-corrected chi connectivity index (χ3v) is 3.75. The van der Waals surface area contributed by atoms with Crippen molar-refractivity contribution in [3.8, 4) is 11.5 Å². The van der Waals surface area contributed by atoms with Gasteiger partial charge in [0, 0.05) is 10.0 Å². The Kier molecular flexibility index (Phi) is 3.54. The predicted molar refractivity (Wildman–Crippen MR) is 70.8 cm³/mol. The van der Waals surface area contributed by atoms with Crippen LogP contribution in [0.1, 0.15) is 29.8 Å². The van der Waals surface area contributed by atoms with Crippen LogP contribution in [0.25, 0.3) is 0 Å². The van der Waals surface area contributed by atoms with E-state index in [9.17, 15) is 14.7 Å². The van der Waals surface area contributed by atoms with E-state index in [0.717, 1.165) is 0 Å². The number of carbonyl (C=O) groups is 2. The highest BCUT2D eigenvalue weighted by Crippen LogP contribution is 2.44. The summed E-state index contributed by atoms with van der Waals surface area (Å²) in [6.07, 6.45) is 0.956. The lowest BCUT2D eigenvalue weighted by Gasteiger charge is -2.21. The zero-order valence-corrected chi connectivity index (χ0v) is 12.1. The maximum atomic E-state index is 11.2. The SMILES string of the molecule is CC(C)(Cc1c(Br)cc(C=O)c2c1OCO2)C(=O)O. The van der Waals surface area contributed by atoms with E-state index >= 15 is 0 Å². The second-order valence-corrected chi connectivity index (χ2v) is 5.83. The Balaban J connectivity index is 2.50. The van der Waals surface area contributed by atoms with Crippen LogP contribution in [0, 0.1) is 5.41 Å². The number of benzene rings is 1. The molecule has 19 heavy (non-hydrogen) atoms. The number of hydrogen-bond acceptors (Lipinski definition) is 4. The highest BCUT2D eigenvalue weighted by atomic mass is 79.9. The minimum atomic E-state index is -0.940. The first kappa shape index (κ1) is 13.9. The number of halogens is 1. The number of ether oxygens (including phenoxy) is 2. The summed E-state index contributed by atoms with van der Waals surface area (Å²) in [4.78, 5) is 22.2. The number of carboxylic acids is 1. The maximum absolute atomic E-state index is 11.2. The Hall–Kier alpha value is -1.56. The van der Waals surface area contributed by atoms with Crippen LogP contribution in [-0.4, -0.2) is 24.2 Å². The smallest absolute Gasteiger partial charge is 0.309 e. The van der Waals surface area contributed by atoms with Gasteiger partial charge in [-0.25, -0.2) is 0 Å². The van der Waals surface area contributed by atoms with Crippen LogP contribution in [0.5, 0.6) is 11.5 Å². The topological polar surface area (TPSA) is 72.8 Å². The van der Waals surface area contributed by atoms with Gasteiger partial charge in [0.05, 0.1) is 11.0 Å². The highest BCUT2D eigenvalue weighted by molar-refractivity contribution is 9.10. The minimum Gasteiger partial charge on any atom is -0.481 e. The van der Waals surface area contributed by atoms with Gasteiger partial charge in [0.25, 0.3) is 0 Å². The zero-order valence-electron chi connectivity index (χ0n) is 10.5. The molecule has 0 radical (unpaired) electrons. The van der Waals surface area contributed by atoms with Gasteiger partial charge in [0.2, 0.25) is 6.79 Å². The molecule has 0 aromatic heterocycles. The predicted octanol–water partition coefficient (Wildman–Crippen LogP) is 2.64. The van der Waals surface area contributed by atoms with Crippen molar-refractivity contribution in [3.63, 3.8) is 0 Å². The van der Waals surface area contributed by atoms with Crippen molar-refractivity contribution in [2.24, 2.45) is 5.41 Å². The molecule has 102 valence electrons. The van der Waals surface area contributed by atoms with E-state index in [4.69, 9.17) is 9.47 Å². The summed E-state index contributed by atoms with van der Waals surface area (Å²) < 4.78 is 11.3. The van der Waals surface area contributed by atoms with Crippen molar-refractivity contribution in [2.75, 3.05) is 6.79 Å². The van der Waals surface area contributed by atoms with Crippen LogP contribution in [0.4, 0.5) is 0 Å². The van der Waals surface area contributed by atoms with Gasteiger partial charge in [-0.1, -0.05) is 15.9 Å². The molecule has 2 rings (SSSR count). The summed E-state index contributed by atoms with van der Waals surface area (Å²) in [5.41, 5.74) is 0.145. The van der Waals surface area contributed by atoms with E-state index in [1.165, 1.54) is 0 Å². The molecule has 0 amide bonds. The molecule has 0 fully saturated rings. The van der Waals surface area contributed by atoms with Crippen LogP contribution < -0.4 is 9.47 Å². The van der Waals surface area contributed by atoms with Gasteiger partial charge in [-0.2, -0.15) is 0 Å². The average molecular weight is 329 g/mol. The lowest BCUT2D eigenvalue weighted by atomic mass is 9.85. The van der Waals surface area contributed by atoms with Crippen molar-refractivity contribution in [1.82, 2.24) is 0 Å². The third-order valence-electron chi connectivity index (χ3n) is 3.04. The van der Waals surface area contributed by atoms with Gasteiger partial charge in [-0.15, -0.1) is 0 Å². The van der Waals surface area contributed by atoms with Crippen molar-refractivity contribution in [2.45, 2.75) is 20.3 Å². The fourth-order valence-corrected chi connectivity index (χ4v) is 2.45. The summed E-state index contributed by atoms with van der Waals surface area (Å²) in [6, 6.07) is 1.62. The fraction of sp³-hybridized carbons (Fsp3) is 0.385. The molecule has 0 bridgehead atoms. The first-order chi connectivity index (χ1) is 8.86. The van der Waals surface area contributed by atoms with E-state index in [-0.39, 0.29) is 13.2 Å². The molecule has 1 aliphatic rings. The fourth-order valence-electron chi connectivity index (χ4n) is 1.88. The van der Waals surface area contributed by atoms with Gasteiger partial charge in [0.1, 0.15) is 0 Å². The average Bonchev–Trinajstić information content (AvgIpc) is 2.81. The highest BCUT2D eigenvalue weighted by Gasteiger charge is 2.33. The molecule has 1 aromatic rings. The quantitative estimate of drug-likeness (QED) is 0.860. The molecular formula is C13H13BrO5. The summed E-state index contributed by atoms with van der Waals surface area (Å²) in [5, 5.41) is 9.20. The molecule has 0 spiro atoms. The van der Waals surface area contributed by atoms with E-state index in [1.54, 1.807) is 19.9 Å². The number of carbonyl (C=O) groups excluding carboxylic acids is 1. The van der Waals surface area contributed by atoms with E-state index in [0.29, 0.717) is 33.4 Å². The first-order valence-electron chi connectivity index (χ1n) is 5.66. The number of rotatable bonds is 4. The number of carboxylic acid groups (broad SMARTS) is 1. The Bertz CT molecular complexity index is 550. The van der Waals surface area contributed by atoms with Gasteiger partial charge in [-0.05, 0) is 26.3 Å². The van der Waals surface area contributed by atoms with Gasteiger partial charge >= 0.3 is 5.97 Å². The van der Waals surface area contributed by atoms with Gasteiger partial charge in [-0.3, -0.25) is 9.59 Å². The Morgan fingerprint density at radius 2 is 2.11 bits per heavy atom. The monoisotopic (exact) mass is 328 g/mol. The van der Waals surface area contributed by atoms with E-state index < -0.39 is 11.4 Å². The number of fused-ring (bicyclic) bond motifs is 1. The molecule has 1 aromatic carbocycles. The third kappa shape index (κ3) is 2.45. The first-order valence-corrected chi connectivity index (χ1v) is 6.45. The Morgan fingerprint density at radius 1 is 1.47 bits per heavy atom. The number of hydrogen-bond donors (Lipinski definition) is 1. The zero-order chi connectivity index (χ0) is 14.2. The summed E-state index contributed by atoms with van der Waals surface area (Å²) in [6.45, 7) is 3.31. The summed E-state index contributed by atoms with van der Waals surface area (Å²) in [7, 11) is 0. The minimum absolute atomic E-state index is 0.0348. The van der Waals surface area contributed by atoms with Crippen molar-refractivity contribution in [1.29, 1.82) is 0 Å². The molecule has 0 saturated carbocycles. The van der Waals surface area contributed by atoms with Gasteiger partial charge < -0.3 is 14.6 Å². The second kappa shape index (κ2) is 4.85. The van der Waals surface area contributed by atoms with E-state index in [2.05, 4.69) is 15.9 Å². The largest absolute Gasteiger partial charge is 0.481 e. The maximum Gasteiger partial charge on any atom is 0.309 e. The molecule has 0 aliphatic carbocycles. The molecule has 0 saturated heterocycles. The lowest BCUT2D eigenvalue weighted by molar-refractivity contribution is -0.146. The molecule has 5 nitrogen and oxygen atoms in total. The standard InChI is InChI=1S/C13H13BrO5/c1-13(2,12(16)17)4-8-9(14)3-7(5-15)10-11(8)19-6-18-10/h3,5H,4,6H2,1-2H3,(H,16,17). The van der Waals surface area contributed by atoms with E-state index in [1.807, 2.05) is 0 Å². The number of aliphatic carboxylic acids is 1. The van der Waals surface area contributed by atoms with Crippen LogP contribution in [-0.2, 0) is 11.2 Å². The van der Waals surface area contributed by atoms with Gasteiger partial charge in [0.15, 0.2) is 17.8 Å². The van der Waals surface area contributed by atoms with Crippen molar-refractivity contribution in [3.05, 3.63) is 21.7 Å². The lowest BCUT2D eigenvalue weighted by Crippen LogP contribution is -2.26. The number of aldehydes is 1. The van der Waals surface area contributed by atoms with Crippen LogP contribution >= 0.6 is 15.9 Å². The summed E-state index contributed by atoms with van der Waals surface area (Å²) >= 11 is 3.36. The second-order valence-electron chi connectivity index (χ2n) is 4.97. The van der Waals surface area contributed by atoms with Crippen LogP contribution in [0.3, 0.4) is 0 Å². The van der Waals surface area contributed by atoms with Crippen molar-refractivity contribution >= 4 is 28.2 Å². The molecule has 0 atom stereocenters. The molecule has 1 N–H and O–H groups in total. The van der Waals surface area contributed by atoms with Crippen LogP contribution in [0.2, 0.25) is 0 Å². The molecular weight excluding hydrogens is 316 g/mol.